The lowest BCUT2D eigenvalue weighted by atomic mass is 9.89. The summed E-state index contributed by atoms with van der Waals surface area (Å²) in [6, 6.07) is 7.86. The Kier molecular flexibility index (Phi) is 6.10. The van der Waals surface area contributed by atoms with Gasteiger partial charge in [0.25, 0.3) is 0 Å². The second-order valence-corrected chi connectivity index (χ2v) is 7.74. The Balaban J connectivity index is 1.88. The van der Waals surface area contributed by atoms with Gasteiger partial charge in [-0.15, -0.1) is 0 Å². The van der Waals surface area contributed by atoms with Gasteiger partial charge in [-0.25, -0.2) is 4.79 Å². The molecule has 5 nitrogen and oxygen atoms in total. The predicted octanol–water partition coefficient (Wildman–Crippen LogP) is 2.72. The van der Waals surface area contributed by atoms with Crippen molar-refractivity contribution in [3.63, 3.8) is 0 Å². The number of benzene rings is 1. The number of hydrogen-bond donors (Lipinski definition) is 3. The van der Waals surface area contributed by atoms with E-state index in [1.807, 2.05) is 39.0 Å². The van der Waals surface area contributed by atoms with Crippen LogP contribution >= 0.6 is 0 Å². The molecule has 3 N–H and O–H groups in total. The van der Waals surface area contributed by atoms with Crippen LogP contribution in [0, 0.1) is 11.3 Å². The van der Waals surface area contributed by atoms with Gasteiger partial charge in [0.1, 0.15) is 5.75 Å². The minimum absolute atomic E-state index is 0.115. The molecule has 1 aromatic carbocycles. The molecule has 0 aliphatic heterocycles. The molecule has 0 saturated heterocycles. The summed E-state index contributed by atoms with van der Waals surface area (Å²) < 4.78 is 5.26. The fourth-order valence-electron chi connectivity index (χ4n) is 2.60. The van der Waals surface area contributed by atoms with Gasteiger partial charge < -0.3 is 20.5 Å². The van der Waals surface area contributed by atoms with Crippen LogP contribution in [0.25, 0.3) is 0 Å². The molecule has 2 rings (SSSR count). The van der Waals surface area contributed by atoms with E-state index in [1.54, 1.807) is 7.11 Å². The molecule has 5 heteroatoms. The Morgan fingerprint density at radius 2 is 2.08 bits per heavy atom. The molecule has 24 heavy (non-hydrogen) atoms. The van der Waals surface area contributed by atoms with Crippen LogP contribution in [0.15, 0.2) is 24.3 Å². The molecule has 1 aliphatic carbocycles. The van der Waals surface area contributed by atoms with E-state index in [0.717, 1.165) is 30.6 Å². The minimum Gasteiger partial charge on any atom is -0.497 e. The third-order valence-corrected chi connectivity index (χ3v) is 4.55. The Morgan fingerprint density at radius 1 is 1.38 bits per heavy atom. The third kappa shape index (κ3) is 5.71. The highest BCUT2D eigenvalue weighted by Gasteiger charge is 2.32. The van der Waals surface area contributed by atoms with Crippen LogP contribution < -0.4 is 15.4 Å². The lowest BCUT2D eigenvalue weighted by molar-refractivity contribution is 0.0648. The molecule has 0 bridgehead atoms. The lowest BCUT2D eigenvalue weighted by Crippen LogP contribution is -2.48. The summed E-state index contributed by atoms with van der Waals surface area (Å²) >= 11 is 0. The van der Waals surface area contributed by atoms with Gasteiger partial charge in [-0.05, 0) is 48.3 Å². The van der Waals surface area contributed by atoms with Crippen molar-refractivity contribution in [2.24, 2.45) is 11.3 Å². The first kappa shape index (κ1) is 18.6. The van der Waals surface area contributed by atoms with Crippen LogP contribution in [0.5, 0.6) is 5.75 Å². The molecule has 1 saturated carbocycles. The number of aliphatic hydroxyl groups excluding tert-OH is 1. The smallest absolute Gasteiger partial charge is 0.315 e. The summed E-state index contributed by atoms with van der Waals surface area (Å²) in [4.78, 5) is 12.2. The van der Waals surface area contributed by atoms with E-state index in [1.165, 1.54) is 0 Å². The number of aliphatic hydroxyl groups is 1. The first-order valence-electron chi connectivity index (χ1n) is 8.65. The van der Waals surface area contributed by atoms with Gasteiger partial charge in [0.05, 0.1) is 13.2 Å². The van der Waals surface area contributed by atoms with Crippen molar-refractivity contribution < 1.29 is 14.6 Å². The van der Waals surface area contributed by atoms with E-state index in [4.69, 9.17) is 4.74 Å². The van der Waals surface area contributed by atoms with Crippen LogP contribution in [0.3, 0.4) is 0 Å². The number of urea groups is 1. The van der Waals surface area contributed by atoms with Crippen LogP contribution in [-0.4, -0.2) is 36.9 Å². The minimum atomic E-state index is -0.569. The average Bonchev–Trinajstić information content (AvgIpc) is 3.36. The molecular formula is C19H30N2O3. The van der Waals surface area contributed by atoms with Crippen LogP contribution in [0.2, 0.25) is 0 Å². The van der Waals surface area contributed by atoms with Crippen LogP contribution in [0.1, 0.15) is 39.2 Å². The van der Waals surface area contributed by atoms with Gasteiger partial charge >= 0.3 is 6.03 Å². The molecule has 1 aromatic rings. The largest absolute Gasteiger partial charge is 0.497 e. The molecule has 2 atom stereocenters. The predicted molar refractivity (Wildman–Crippen MR) is 95.2 cm³/mol. The molecule has 1 fully saturated rings. The number of ether oxygens (including phenoxy) is 1. The van der Waals surface area contributed by atoms with E-state index in [9.17, 15) is 9.90 Å². The summed E-state index contributed by atoms with van der Waals surface area (Å²) in [5.74, 6) is 1.37. The van der Waals surface area contributed by atoms with Gasteiger partial charge in [0, 0.05) is 12.6 Å². The van der Waals surface area contributed by atoms with Gasteiger partial charge in [-0.2, -0.15) is 0 Å². The van der Waals surface area contributed by atoms with Crippen molar-refractivity contribution in [3.8, 4) is 5.75 Å². The maximum Gasteiger partial charge on any atom is 0.315 e. The van der Waals surface area contributed by atoms with E-state index in [0.29, 0.717) is 5.92 Å². The average molecular weight is 334 g/mol. The summed E-state index contributed by atoms with van der Waals surface area (Å²) in [5.41, 5.74) is 0.908. The molecule has 1 aliphatic rings. The van der Waals surface area contributed by atoms with Crippen molar-refractivity contribution in [3.05, 3.63) is 29.8 Å². The standard InChI is InChI=1S/C19H30N2O3/c1-19(2,3)17(22)12-20-18(23)21-16(14-8-9-14)11-13-6-5-7-15(10-13)24-4/h5-7,10,14,16-17,22H,8-9,11-12H2,1-4H3,(H2,20,21,23). The summed E-state index contributed by atoms with van der Waals surface area (Å²) in [7, 11) is 1.66. The Hall–Kier alpha value is -1.75. The maximum atomic E-state index is 12.2. The number of amides is 2. The van der Waals surface area contributed by atoms with Crippen molar-refractivity contribution in [2.75, 3.05) is 13.7 Å². The molecule has 0 radical (unpaired) electrons. The summed E-state index contributed by atoms with van der Waals surface area (Å²) in [5, 5.41) is 15.9. The number of carbonyl (C=O) groups excluding carboxylic acids is 1. The molecule has 2 unspecified atom stereocenters. The number of hydrogen-bond acceptors (Lipinski definition) is 3. The second kappa shape index (κ2) is 7.88. The first-order chi connectivity index (χ1) is 11.3. The van der Waals surface area contributed by atoms with E-state index in [2.05, 4.69) is 16.7 Å². The fourth-order valence-corrected chi connectivity index (χ4v) is 2.60. The molecule has 134 valence electrons. The van der Waals surface area contributed by atoms with Crippen LogP contribution in [-0.2, 0) is 6.42 Å². The van der Waals surface area contributed by atoms with E-state index in [-0.39, 0.29) is 24.0 Å². The molecule has 2 amide bonds. The zero-order valence-corrected chi connectivity index (χ0v) is 15.1. The monoisotopic (exact) mass is 334 g/mol. The fraction of sp³-hybridized carbons (Fsp3) is 0.632. The van der Waals surface area contributed by atoms with E-state index >= 15 is 0 Å². The molecular weight excluding hydrogens is 304 g/mol. The lowest BCUT2D eigenvalue weighted by Gasteiger charge is -2.26. The first-order valence-corrected chi connectivity index (χ1v) is 8.65. The maximum absolute atomic E-state index is 12.2. The number of rotatable bonds is 7. The molecule has 0 aromatic heterocycles. The van der Waals surface area contributed by atoms with Gasteiger partial charge in [0.15, 0.2) is 0 Å². The van der Waals surface area contributed by atoms with Crippen molar-refractivity contribution in [1.29, 1.82) is 0 Å². The third-order valence-electron chi connectivity index (χ3n) is 4.55. The van der Waals surface area contributed by atoms with E-state index < -0.39 is 6.10 Å². The highest BCUT2D eigenvalue weighted by molar-refractivity contribution is 5.74. The Morgan fingerprint density at radius 3 is 2.67 bits per heavy atom. The van der Waals surface area contributed by atoms with Gasteiger partial charge in [0.2, 0.25) is 0 Å². The highest BCUT2D eigenvalue weighted by Crippen LogP contribution is 2.34. The second-order valence-electron chi connectivity index (χ2n) is 7.74. The number of nitrogens with one attached hydrogen (secondary N) is 2. The normalized spacial score (nSPS) is 17.0. The van der Waals surface area contributed by atoms with Crippen molar-refractivity contribution in [2.45, 2.75) is 52.2 Å². The topological polar surface area (TPSA) is 70.6 Å². The molecule has 0 spiro atoms. The molecule has 0 heterocycles. The van der Waals surface area contributed by atoms with Crippen molar-refractivity contribution in [1.82, 2.24) is 10.6 Å². The zero-order chi connectivity index (χ0) is 17.7. The highest BCUT2D eigenvalue weighted by atomic mass is 16.5. The van der Waals surface area contributed by atoms with Gasteiger partial charge in [-0.3, -0.25) is 0 Å². The van der Waals surface area contributed by atoms with Crippen molar-refractivity contribution >= 4 is 6.03 Å². The zero-order valence-electron chi connectivity index (χ0n) is 15.1. The number of carbonyl (C=O) groups is 1. The number of methoxy groups -OCH3 is 1. The Bertz CT molecular complexity index is 550. The van der Waals surface area contributed by atoms with Gasteiger partial charge in [-0.1, -0.05) is 32.9 Å². The van der Waals surface area contributed by atoms with Crippen LogP contribution in [0.4, 0.5) is 4.79 Å². The Labute approximate surface area is 144 Å². The quantitative estimate of drug-likeness (QED) is 0.718. The summed E-state index contributed by atoms with van der Waals surface area (Å²) in [6.45, 7) is 6.11. The summed E-state index contributed by atoms with van der Waals surface area (Å²) in [6.07, 6.45) is 2.52. The SMILES string of the molecule is COc1cccc(CC(NC(=O)NCC(O)C(C)(C)C)C2CC2)c1.